The van der Waals surface area contributed by atoms with E-state index in [4.69, 9.17) is 4.74 Å². The van der Waals surface area contributed by atoms with Gasteiger partial charge in [0.2, 0.25) is 0 Å². The average molecular weight is 412 g/mol. The van der Waals surface area contributed by atoms with Crippen molar-refractivity contribution in [1.29, 1.82) is 5.26 Å². The summed E-state index contributed by atoms with van der Waals surface area (Å²) in [5, 5.41) is 16.5. The first-order chi connectivity index (χ1) is 13.5. The molecule has 0 saturated heterocycles. The quantitative estimate of drug-likeness (QED) is 0.745. The van der Waals surface area contributed by atoms with Gasteiger partial charge in [0.15, 0.2) is 6.61 Å². The molecule has 2 aromatic rings. The van der Waals surface area contributed by atoms with Gasteiger partial charge in [0.1, 0.15) is 11.1 Å². The van der Waals surface area contributed by atoms with E-state index in [0.717, 1.165) is 16.0 Å². The second-order valence-corrected chi connectivity index (χ2v) is 9.55. The van der Waals surface area contributed by atoms with Crippen molar-refractivity contribution in [2.24, 2.45) is 0 Å². The van der Waals surface area contributed by atoms with E-state index in [-0.39, 0.29) is 11.1 Å². The molecule has 0 atom stereocenters. The molecule has 0 aliphatic carbocycles. The van der Waals surface area contributed by atoms with E-state index in [1.165, 1.54) is 11.3 Å². The van der Waals surface area contributed by atoms with Gasteiger partial charge in [-0.15, -0.1) is 11.3 Å². The Morgan fingerprint density at radius 3 is 2.52 bits per heavy atom. The average Bonchev–Trinajstić information content (AvgIpc) is 2.96. The maximum atomic E-state index is 12.4. The van der Waals surface area contributed by atoms with Crippen LogP contribution < -0.4 is 10.6 Å². The topological polar surface area (TPSA) is 91.2 Å². The Morgan fingerprint density at radius 1 is 1.24 bits per heavy atom. The van der Waals surface area contributed by atoms with Crippen LogP contribution in [-0.4, -0.2) is 24.0 Å². The van der Waals surface area contributed by atoms with E-state index in [1.54, 1.807) is 12.1 Å². The Hall–Kier alpha value is -2.69. The van der Waals surface area contributed by atoms with Crippen molar-refractivity contribution in [2.45, 2.75) is 52.1 Å². The molecule has 2 heterocycles. The minimum absolute atomic E-state index is 0.159. The number of carbonyl (C=O) groups excluding carboxylic acids is 2. The second-order valence-electron chi connectivity index (χ2n) is 8.53. The zero-order valence-corrected chi connectivity index (χ0v) is 18.1. The molecule has 29 heavy (non-hydrogen) atoms. The van der Waals surface area contributed by atoms with Crippen LogP contribution in [0.3, 0.4) is 0 Å². The Balaban J connectivity index is 1.73. The van der Waals surface area contributed by atoms with Crippen LogP contribution in [0.2, 0.25) is 0 Å². The Morgan fingerprint density at radius 2 is 1.90 bits per heavy atom. The summed E-state index contributed by atoms with van der Waals surface area (Å²) in [4.78, 5) is 25.5. The highest BCUT2D eigenvalue weighted by molar-refractivity contribution is 7.17. The standard InChI is InChI=1S/C22H25N3O3S/c1-13-6-8-14(9-7-13)20(27)28-12-17(26)24-19-16(11-23)15-10-21(2,3)25-22(4,5)18(15)29-19/h6-9,25H,10,12H2,1-5H3,(H,24,26). The molecule has 0 spiro atoms. The number of ether oxygens (including phenoxy) is 1. The van der Waals surface area contributed by atoms with Crippen LogP contribution in [0.4, 0.5) is 5.00 Å². The van der Waals surface area contributed by atoms with Crippen LogP contribution in [-0.2, 0) is 21.5 Å². The molecule has 3 rings (SSSR count). The van der Waals surface area contributed by atoms with E-state index in [1.807, 2.05) is 19.1 Å². The summed E-state index contributed by atoms with van der Waals surface area (Å²) in [6, 6.07) is 9.18. The molecule has 1 amide bonds. The van der Waals surface area contributed by atoms with Gasteiger partial charge in [-0.25, -0.2) is 4.79 Å². The van der Waals surface area contributed by atoms with Gasteiger partial charge in [0.25, 0.3) is 5.91 Å². The number of nitriles is 1. The predicted molar refractivity (Wildman–Crippen MR) is 113 cm³/mol. The van der Waals surface area contributed by atoms with E-state index < -0.39 is 18.5 Å². The predicted octanol–water partition coefficient (Wildman–Crippen LogP) is 3.88. The molecule has 7 heteroatoms. The SMILES string of the molecule is Cc1ccc(C(=O)OCC(=O)Nc2sc3c(c2C#N)CC(C)(C)NC3(C)C)cc1. The van der Waals surface area contributed by atoms with Crippen LogP contribution in [0.5, 0.6) is 0 Å². The zero-order chi connectivity index (χ0) is 21.4. The molecule has 6 nitrogen and oxygen atoms in total. The maximum Gasteiger partial charge on any atom is 0.338 e. The van der Waals surface area contributed by atoms with Crippen LogP contribution >= 0.6 is 11.3 Å². The molecular weight excluding hydrogens is 386 g/mol. The van der Waals surface area contributed by atoms with Crippen LogP contribution in [0, 0.1) is 18.3 Å². The number of thiophene rings is 1. The number of fused-ring (bicyclic) bond motifs is 1. The van der Waals surface area contributed by atoms with Crippen molar-refractivity contribution in [3.63, 3.8) is 0 Å². The highest BCUT2D eigenvalue weighted by atomic mass is 32.1. The third kappa shape index (κ3) is 4.50. The minimum Gasteiger partial charge on any atom is -0.452 e. The first kappa shape index (κ1) is 21.0. The van der Waals surface area contributed by atoms with Gasteiger partial charge in [-0.05, 0) is 58.7 Å². The molecule has 1 aliphatic heterocycles. The summed E-state index contributed by atoms with van der Waals surface area (Å²) < 4.78 is 5.11. The van der Waals surface area contributed by atoms with E-state index in [9.17, 15) is 14.9 Å². The molecule has 0 saturated carbocycles. The third-order valence-electron chi connectivity index (χ3n) is 4.83. The summed E-state index contributed by atoms with van der Waals surface area (Å²) in [5.41, 5.74) is 2.42. The third-order valence-corrected chi connectivity index (χ3v) is 6.30. The summed E-state index contributed by atoms with van der Waals surface area (Å²) in [6.45, 7) is 9.85. The zero-order valence-electron chi connectivity index (χ0n) is 17.3. The van der Waals surface area contributed by atoms with Gasteiger partial charge in [-0.2, -0.15) is 5.26 Å². The summed E-state index contributed by atoms with van der Waals surface area (Å²) in [5.74, 6) is -1.02. The molecule has 0 fully saturated rings. The largest absolute Gasteiger partial charge is 0.452 e. The lowest BCUT2D eigenvalue weighted by molar-refractivity contribution is -0.119. The highest BCUT2D eigenvalue weighted by Gasteiger charge is 2.40. The van der Waals surface area contributed by atoms with Gasteiger partial charge in [-0.1, -0.05) is 17.7 Å². The van der Waals surface area contributed by atoms with Crippen molar-refractivity contribution >= 4 is 28.2 Å². The van der Waals surface area contributed by atoms with Gasteiger partial charge >= 0.3 is 5.97 Å². The minimum atomic E-state index is -0.557. The van der Waals surface area contributed by atoms with Crippen molar-refractivity contribution in [3.8, 4) is 6.07 Å². The molecule has 0 bridgehead atoms. The Kier molecular flexibility index (Phi) is 5.52. The molecule has 0 radical (unpaired) electrons. The molecule has 152 valence electrons. The van der Waals surface area contributed by atoms with Crippen molar-refractivity contribution in [2.75, 3.05) is 11.9 Å². The van der Waals surface area contributed by atoms with Crippen molar-refractivity contribution < 1.29 is 14.3 Å². The smallest absolute Gasteiger partial charge is 0.338 e. The molecule has 1 aromatic heterocycles. The number of benzene rings is 1. The summed E-state index contributed by atoms with van der Waals surface area (Å²) in [7, 11) is 0. The van der Waals surface area contributed by atoms with E-state index >= 15 is 0 Å². The Labute approximate surface area is 174 Å². The fourth-order valence-electron chi connectivity index (χ4n) is 3.80. The molecule has 2 N–H and O–H groups in total. The molecule has 1 aromatic carbocycles. The van der Waals surface area contributed by atoms with Gasteiger partial charge in [0, 0.05) is 16.0 Å². The number of nitrogens with one attached hydrogen (secondary N) is 2. The lowest BCUT2D eigenvalue weighted by Gasteiger charge is -2.42. The highest BCUT2D eigenvalue weighted by Crippen LogP contribution is 2.44. The second kappa shape index (κ2) is 7.62. The van der Waals surface area contributed by atoms with Gasteiger partial charge < -0.3 is 15.4 Å². The number of rotatable bonds is 4. The fourth-order valence-corrected chi connectivity index (χ4v) is 5.04. The monoisotopic (exact) mass is 411 g/mol. The Bertz CT molecular complexity index is 998. The number of esters is 1. The lowest BCUT2D eigenvalue weighted by Crippen LogP contribution is -2.54. The van der Waals surface area contributed by atoms with Crippen LogP contribution in [0.25, 0.3) is 0 Å². The van der Waals surface area contributed by atoms with Crippen LogP contribution in [0.1, 0.15) is 59.6 Å². The lowest BCUT2D eigenvalue weighted by atomic mass is 9.81. The maximum absolute atomic E-state index is 12.4. The normalized spacial score (nSPS) is 16.4. The first-order valence-corrected chi connectivity index (χ1v) is 10.2. The number of amides is 1. The van der Waals surface area contributed by atoms with Crippen molar-refractivity contribution in [3.05, 3.63) is 51.4 Å². The van der Waals surface area contributed by atoms with E-state index in [0.29, 0.717) is 22.5 Å². The van der Waals surface area contributed by atoms with Gasteiger partial charge in [-0.3, -0.25) is 4.79 Å². The van der Waals surface area contributed by atoms with Crippen molar-refractivity contribution in [1.82, 2.24) is 5.32 Å². The van der Waals surface area contributed by atoms with Crippen LogP contribution in [0.15, 0.2) is 24.3 Å². The number of anilines is 1. The van der Waals surface area contributed by atoms with Gasteiger partial charge in [0.05, 0.1) is 11.1 Å². The number of nitrogens with zero attached hydrogens (tertiary/aromatic N) is 1. The first-order valence-electron chi connectivity index (χ1n) is 9.41. The molecule has 0 unspecified atom stereocenters. The summed E-state index contributed by atoms with van der Waals surface area (Å²) in [6.07, 6.45) is 0.698. The van der Waals surface area contributed by atoms with E-state index in [2.05, 4.69) is 44.4 Å². The number of hydrogen-bond donors (Lipinski definition) is 2. The number of carbonyl (C=O) groups is 2. The number of aryl methyl sites for hydroxylation is 1. The summed E-state index contributed by atoms with van der Waals surface area (Å²) >= 11 is 1.40. The molecule has 1 aliphatic rings. The fraction of sp³-hybridized carbons (Fsp3) is 0.409. The molecular formula is C22H25N3O3S. The number of hydrogen-bond acceptors (Lipinski definition) is 6.